The highest BCUT2D eigenvalue weighted by Gasteiger charge is 2.37. The van der Waals surface area contributed by atoms with E-state index in [9.17, 15) is 24.5 Å². The van der Waals surface area contributed by atoms with Gasteiger partial charge in [-0.25, -0.2) is 0 Å². The first-order chi connectivity index (χ1) is 12.9. The van der Waals surface area contributed by atoms with E-state index in [1.54, 1.807) is 24.0 Å². The number of thioether (sulfide) groups is 1. The van der Waals surface area contributed by atoms with Crippen LogP contribution in [0.25, 0.3) is 6.08 Å². The molecule has 0 saturated carbocycles. The van der Waals surface area contributed by atoms with Gasteiger partial charge in [-0.1, -0.05) is 12.1 Å². The first-order valence-corrected chi connectivity index (χ1v) is 9.46. The standard InChI is InChI=1S/C18H19N3O5S/c1-12-5-6-13(9-14(12)21(25)26)10-15-17(23)20(18(24)27-15)11-16(22)19-7-3-2-4-8-19/h5-6,9-10H,2-4,7-8,11H2,1H3/b15-10-. The third-order valence-electron chi connectivity index (χ3n) is 4.60. The Labute approximate surface area is 160 Å². The van der Waals surface area contributed by atoms with Crippen molar-refractivity contribution in [1.82, 2.24) is 9.80 Å². The number of carbonyl (C=O) groups is 3. The highest BCUT2D eigenvalue weighted by molar-refractivity contribution is 8.18. The molecule has 0 aliphatic carbocycles. The number of likely N-dealkylation sites (tertiary alicyclic amines) is 1. The minimum Gasteiger partial charge on any atom is -0.341 e. The van der Waals surface area contributed by atoms with Gasteiger partial charge in [0.05, 0.1) is 9.83 Å². The number of rotatable bonds is 4. The number of piperidine rings is 1. The zero-order valence-corrected chi connectivity index (χ0v) is 15.7. The normalized spacial score (nSPS) is 19.1. The average molecular weight is 389 g/mol. The van der Waals surface area contributed by atoms with Gasteiger partial charge < -0.3 is 4.90 Å². The van der Waals surface area contributed by atoms with E-state index >= 15 is 0 Å². The summed E-state index contributed by atoms with van der Waals surface area (Å²) in [6.07, 6.45) is 4.39. The number of amides is 3. The van der Waals surface area contributed by atoms with Crippen molar-refractivity contribution in [1.29, 1.82) is 0 Å². The lowest BCUT2D eigenvalue weighted by Gasteiger charge is -2.27. The monoisotopic (exact) mass is 389 g/mol. The molecular weight excluding hydrogens is 370 g/mol. The van der Waals surface area contributed by atoms with Crippen molar-refractivity contribution in [2.75, 3.05) is 19.6 Å². The molecule has 0 aromatic heterocycles. The van der Waals surface area contributed by atoms with Crippen LogP contribution in [-0.2, 0) is 9.59 Å². The Morgan fingerprint density at radius 2 is 1.96 bits per heavy atom. The summed E-state index contributed by atoms with van der Waals surface area (Å²) in [4.78, 5) is 50.4. The molecule has 0 bridgehead atoms. The number of benzene rings is 1. The molecule has 142 valence electrons. The van der Waals surface area contributed by atoms with Crippen LogP contribution in [-0.4, -0.2) is 51.4 Å². The van der Waals surface area contributed by atoms with E-state index in [2.05, 4.69) is 0 Å². The molecule has 0 spiro atoms. The number of carbonyl (C=O) groups excluding carboxylic acids is 3. The van der Waals surface area contributed by atoms with Gasteiger partial charge in [0.2, 0.25) is 5.91 Å². The molecule has 1 aromatic rings. The molecule has 2 saturated heterocycles. The highest BCUT2D eigenvalue weighted by atomic mass is 32.2. The summed E-state index contributed by atoms with van der Waals surface area (Å²) in [7, 11) is 0. The topological polar surface area (TPSA) is 101 Å². The van der Waals surface area contributed by atoms with Crippen LogP contribution in [0.5, 0.6) is 0 Å². The molecule has 0 radical (unpaired) electrons. The second kappa shape index (κ2) is 7.91. The molecule has 2 aliphatic rings. The van der Waals surface area contributed by atoms with E-state index in [0.717, 1.165) is 35.9 Å². The van der Waals surface area contributed by atoms with Gasteiger partial charge in [-0.2, -0.15) is 0 Å². The molecule has 3 amide bonds. The van der Waals surface area contributed by atoms with Crippen LogP contribution in [0, 0.1) is 17.0 Å². The Bertz CT molecular complexity index is 845. The minimum absolute atomic E-state index is 0.0525. The summed E-state index contributed by atoms with van der Waals surface area (Å²) in [5.74, 6) is -0.775. The molecule has 2 fully saturated rings. The maximum atomic E-state index is 12.5. The van der Waals surface area contributed by atoms with Crippen LogP contribution in [0.4, 0.5) is 10.5 Å². The molecule has 8 nitrogen and oxygen atoms in total. The lowest BCUT2D eigenvalue weighted by molar-refractivity contribution is -0.385. The molecular formula is C18H19N3O5S. The zero-order chi connectivity index (χ0) is 19.6. The van der Waals surface area contributed by atoms with E-state index in [1.165, 1.54) is 12.1 Å². The predicted octanol–water partition coefficient (Wildman–Crippen LogP) is 2.95. The second-order valence-corrected chi connectivity index (χ2v) is 7.51. The van der Waals surface area contributed by atoms with E-state index in [1.807, 2.05) is 0 Å². The Kier molecular flexibility index (Phi) is 5.59. The van der Waals surface area contributed by atoms with E-state index in [-0.39, 0.29) is 23.0 Å². The van der Waals surface area contributed by atoms with Crippen molar-refractivity contribution in [3.63, 3.8) is 0 Å². The second-order valence-electron chi connectivity index (χ2n) is 6.51. The summed E-state index contributed by atoms with van der Waals surface area (Å²) in [5, 5.41) is 10.6. The van der Waals surface area contributed by atoms with Gasteiger partial charge in [-0.15, -0.1) is 0 Å². The lowest BCUT2D eigenvalue weighted by atomic mass is 10.1. The molecule has 0 N–H and O–H groups in total. The zero-order valence-electron chi connectivity index (χ0n) is 14.8. The summed E-state index contributed by atoms with van der Waals surface area (Å²) in [6.45, 7) is 2.66. The fraction of sp³-hybridized carbons (Fsp3) is 0.389. The molecule has 2 aliphatic heterocycles. The molecule has 0 unspecified atom stereocenters. The molecule has 2 heterocycles. The van der Waals surface area contributed by atoms with Crippen LogP contribution < -0.4 is 0 Å². The summed E-state index contributed by atoms with van der Waals surface area (Å²) in [6, 6.07) is 4.60. The number of imide groups is 1. The van der Waals surface area contributed by atoms with Crippen LogP contribution in [0.1, 0.15) is 30.4 Å². The van der Waals surface area contributed by atoms with Crippen LogP contribution in [0.2, 0.25) is 0 Å². The first-order valence-electron chi connectivity index (χ1n) is 8.65. The van der Waals surface area contributed by atoms with Crippen molar-refractivity contribution >= 4 is 40.6 Å². The number of hydrogen-bond donors (Lipinski definition) is 0. The molecule has 1 aromatic carbocycles. The first kappa shape index (κ1) is 19.1. The van der Waals surface area contributed by atoms with Gasteiger partial charge in [0.15, 0.2) is 0 Å². The highest BCUT2D eigenvalue weighted by Crippen LogP contribution is 2.33. The smallest absolute Gasteiger partial charge is 0.294 e. The third kappa shape index (κ3) is 4.19. The van der Waals surface area contributed by atoms with E-state index in [4.69, 9.17) is 0 Å². The average Bonchev–Trinajstić information content (AvgIpc) is 2.91. The summed E-state index contributed by atoms with van der Waals surface area (Å²) in [5.41, 5.74) is 0.917. The fourth-order valence-electron chi connectivity index (χ4n) is 3.08. The number of nitrogens with zero attached hydrogens (tertiary/aromatic N) is 3. The summed E-state index contributed by atoms with van der Waals surface area (Å²) >= 11 is 0.742. The van der Waals surface area contributed by atoms with Gasteiger partial charge in [-0.3, -0.25) is 29.4 Å². The Morgan fingerprint density at radius 1 is 1.26 bits per heavy atom. The number of nitro benzene ring substituents is 1. The van der Waals surface area contributed by atoms with Crippen molar-refractivity contribution in [3.05, 3.63) is 44.3 Å². The van der Waals surface area contributed by atoms with Gasteiger partial charge in [-0.05, 0) is 49.6 Å². The maximum Gasteiger partial charge on any atom is 0.294 e. The Balaban J connectivity index is 1.75. The molecule has 0 atom stereocenters. The van der Waals surface area contributed by atoms with Crippen molar-refractivity contribution in [2.45, 2.75) is 26.2 Å². The van der Waals surface area contributed by atoms with Crippen LogP contribution in [0.15, 0.2) is 23.1 Å². The number of aryl methyl sites for hydroxylation is 1. The van der Waals surface area contributed by atoms with Gasteiger partial charge in [0.25, 0.3) is 16.8 Å². The van der Waals surface area contributed by atoms with E-state index < -0.39 is 16.1 Å². The predicted molar refractivity (Wildman–Crippen MR) is 101 cm³/mol. The van der Waals surface area contributed by atoms with Crippen molar-refractivity contribution in [3.8, 4) is 0 Å². The Morgan fingerprint density at radius 3 is 2.63 bits per heavy atom. The van der Waals surface area contributed by atoms with Crippen LogP contribution in [0.3, 0.4) is 0 Å². The summed E-state index contributed by atoms with van der Waals surface area (Å²) < 4.78 is 0. The molecule has 27 heavy (non-hydrogen) atoms. The van der Waals surface area contributed by atoms with E-state index in [0.29, 0.717) is 24.2 Å². The minimum atomic E-state index is -0.543. The lowest BCUT2D eigenvalue weighted by Crippen LogP contribution is -2.44. The van der Waals surface area contributed by atoms with Gasteiger partial charge >= 0.3 is 0 Å². The molecule has 3 rings (SSSR count). The number of nitro groups is 1. The quantitative estimate of drug-likeness (QED) is 0.446. The van der Waals surface area contributed by atoms with Crippen LogP contribution >= 0.6 is 11.8 Å². The number of hydrogen-bond acceptors (Lipinski definition) is 6. The largest absolute Gasteiger partial charge is 0.341 e. The third-order valence-corrected chi connectivity index (χ3v) is 5.51. The Hall–Kier alpha value is -2.68. The maximum absolute atomic E-state index is 12.5. The fourth-order valence-corrected chi connectivity index (χ4v) is 3.92. The van der Waals surface area contributed by atoms with Crippen molar-refractivity contribution < 1.29 is 19.3 Å². The van der Waals surface area contributed by atoms with Crippen molar-refractivity contribution in [2.24, 2.45) is 0 Å². The SMILES string of the molecule is Cc1ccc(/C=C2\SC(=O)N(CC(=O)N3CCCCC3)C2=O)cc1[N+](=O)[O-]. The molecule has 9 heteroatoms. The van der Waals surface area contributed by atoms with Gasteiger partial charge in [0, 0.05) is 24.7 Å². The van der Waals surface area contributed by atoms with Gasteiger partial charge in [0.1, 0.15) is 6.54 Å².